The first-order valence-electron chi connectivity index (χ1n) is 9.69. The minimum Gasteiger partial charge on any atom is -0.355 e. The number of anilines is 1. The van der Waals surface area contributed by atoms with E-state index in [2.05, 4.69) is 25.5 Å². The highest BCUT2D eigenvalue weighted by molar-refractivity contribution is 5.84. The van der Waals surface area contributed by atoms with Crippen molar-refractivity contribution in [2.24, 2.45) is 5.92 Å². The fourth-order valence-electron chi connectivity index (χ4n) is 3.82. The van der Waals surface area contributed by atoms with Gasteiger partial charge in [0.2, 0.25) is 11.8 Å². The molecule has 0 radical (unpaired) electrons. The molecule has 2 amide bonds. The van der Waals surface area contributed by atoms with E-state index < -0.39 is 0 Å². The van der Waals surface area contributed by atoms with Gasteiger partial charge in [-0.05, 0) is 38.5 Å². The van der Waals surface area contributed by atoms with E-state index in [9.17, 15) is 9.59 Å². The van der Waals surface area contributed by atoms with Crippen LogP contribution in [-0.4, -0.2) is 69.4 Å². The number of aryl methyl sites for hydroxylation is 2. The molecule has 4 rings (SSSR count). The number of amides is 2. The van der Waals surface area contributed by atoms with Gasteiger partial charge in [-0.1, -0.05) is 0 Å². The molecule has 2 fully saturated rings. The number of piperidine rings is 1. The second kappa shape index (κ2) is 7.57. The van der Waals surface area contributed by atoms with Crippen LogP contribution < -0.4 is 10.2 Å². The Morgan fingerprint density at radius 1 is 1.11 bits per heavy atom. The van der Waals surface area contributed by atoms with Crippen LogP contribution in [0.3, 0.4) is 0 Å². The number of carbonyl (C=O) groups is 2. The van der Waals surface area contributed by atoms with Crippen molar-refractivity contribution in [1.29, 1.82) is 0 Å². The third kappa shape index (κ3) is 3.69. The first-order chi connectivity index (χ1) is 13.5. The van der Waals surface area contributed by atoms with E-state index in [0.717, 1.165) is 30.3 Å². The highest BCUT2D eigenvalue weighted by atomic mass is 16.2. The number of piperazine rings is 1. The van der Waals surface area contributed by atoms with Crippen molar-refractivity contribution >= 4 is 17.6 Å². The number of nitrogens with one attached hydrogen (secondary N) is 1. The van der Waals surface area contributed by atoms with Crippen LogP contribution in [0, 0.1) is 19.8 Å². The van der Waals surface area contributed by atoms with Gasteiger partial charge in [0.15, 0.2) is 11.6 Å². The van der Waals surface area contributed by atoms with E-state index in [0.29, 0.717) is 38.3 Å². The zero-order chi connectivity index (χ0) is 19.7. The third-order valence-electron chi connectivity index (χ3n) is 5.39. The first-order valence-corrected chi connectivity index (χ1v) is 9.69. The average molecular weight is 383 g/mol. The van der Waals surface area contributed by atoms with E-state index in [-0.39, 0.29) is 17.7 Å². The molecule has 4 heterocycles. The molecule has 2 aromatic rings. The summed E-state index contributed by atoms with van der Waals surface area (Å²) in [6.45, 7) is 7.15. The highest BCUT2D eigenvalue weighted by Crippen LogP contribution is 2.18. The predicted octanol–water partition coefficient (Wildman–Crippen LogP) is 0.454. The van der Waals surface area contributed by atoms with Crippen molar-refractivity contribution < 1.29 is 9.59 Å². The van der Waals surface area contributed by atoms with Crippen LogP contribution in [0.25, 0.3) is 5.82 Å². The summed E-state index contributed by atoms with van der Waals surface area (Å²) in [7, 11) is 0. The van der Waals surface area contributed by atoms with Crippen LogP contribution in [0.15, 0.2) is 18.2 Å². The smallest absolute Gasteiger partial charge is 0.227 e. The maximum Gasteiger partial charge on any atom is 0.227 e. The fourth-order valence-corrected chi connectivity index (χ4v) is 3.82. The number of rotatable bonds is 3. The van der Waals surface area contributed by atoms with Crippen molar-refractivity contribution in [2.75, 3.05) is 37.6 Å². The van der Waals surface area contributed by atoms with Crippen LogP contribution in [0.2, 0.25) is 0 Å². The van der Waals surface area contributed by atoms with Crippen LogP contribution in [0.5, 0.6) is 0 Å². The van der Waals surface area contributed by atoms with Crippen LogP contribution in [0.1, 0.15) is 24.2 Å². The van der Waals surface area contributed by atoms with Gasteiger partial charge in [0.1, 0.15) is 0 Å². The monoisotopic (exact) mass is 383 g/mol. The largest absolute Gasteiger partial charge is 0.355 e. The van der Waals surface area contributed by atoms with Crippen LogP contribution in [-0.2, 0) is 9.59 Å². The molecule has 2 saturated heterocycles. The van der Waals surface area contributed by atoms with E-state index in [1.165, 1.54) is 0 Å². The minimum absolute atomic E-state index is 0.0383. The van der Waals surface area contributed by atoms with Gasteiger partial charge in [0.05, 0.1) is 11.6 Å². The van der Waals surface area contributed by atoms with E-state index >= 15 is 0 Å². The molecule has 0 spiro atoms. The van der Waals surface area contributed by atoms with Gasteiger partial charge in [-0.2, -0.15) is 5.10 Å². The molecule has 0 aromatic carbocycles. The quantitative estimate of drug-likeness (QED) is 0.827. The second-order valence-electron chi connectivity index (χ2n) is 7.44. The molecule has 9 nitrogen and oxygen atoms in total. The molecular formula is C19H25N7O2. The lowest BCUT2D eigenvalue weighted by Crippen LogP contribution is -2.52. The van der Waals surface area contributed by atoms with Gasteiger partial charge in [0.25, 0.3) is 0 Å². The summed E-state index contributed by atoms with van der Waals surface area (Å²) < 4.78 is 1.78. The summed E-state index contributed by atoms with van der Waals surface area (Å²) in [5.41, 5.74) is 1.97. The minimum atomic E-state index is -0.0934. The standard InChI is InChI=1S/C19H25N7O2/c1-13-11-14(2)26(23-13)17-5-4-16(21-22-17)24-7-9-25(10-8-24)19(28)15-3-6-18(27)20-12-15/h4-5,11,15H,3,6-10,12H2,1-2H3,(H,20,27). The SMILES string of the molecule is Cc1cc(C)n(-c2ccc(N3CCN(C(=O)C4CCC(=O)NC4)CC3)nn2)n1. The van der Waals surface area contributed by atoms with E-state index in [1.54, 1.807) is 4.68 Å². The Morgan fingerprint density at radius 3 is 2.39 bits per heavy atom. The molecule has 1 unspecified atom stereocenters. The molecule has 2 aliphatic rings. The normalized spacial score (nSPS) is 20.2. The van der Waals surface area contributed by atoms with Crippen molar-refractivity contribution in [2.45, 2.75) is 26.7 Å². The highest BCUT2D eigenvalue weighted by Gasteiger charge is 2.30. The Labute approximate surface area is 163 Å². The summed E-state index contributed by atoms with van der Waals surface area (Å²) in [5.74, 6) is 1.59. The van der Waals surface area contributed by atoms with Gasteiger partial charge in [-0.3, -0.25) is 9.59 Å². The summed E-state index contributed by atoms with van der Waals surface area (Å²) in [4.78, 5) is 28.0. The maximum absolute atomic E-state index is 12.7. The molecule has 28 heavy (non-hydrogen) atoms. The first kappa shape index (κ1) is 18.4. The Bertz CT molecular complexity index is 859. The molecule has 0 saturated carbocycles. The molecule has 148 valence electrons. The lowest BCUT2D eigenvalue weighted by atomic mass is 9.97. The van der Waals surface area contributed by atoms with Gasteiger partial charge in [0, 0.05) is 44.8 Å². The molecule has 1 N–H and O–H groups in total. The lowest BCUT2D eigenvalue weighted by Gasteiger charge is -2.37. The molecular weight excluding hydrogens is 358 g/mol. The molecule has 1 atom stereocenters. The van der Waals surface area contributed by atoms with Gasteiger partial charge in [-0.25, -0.2) is 4.68 Å². The number of carbonyl (C=O) groups excluding carboxylic acids is 2. The van der Waals surface area contributed by atoms with E-state index in [1.807, 2.05) is 36.9 Å². The summed E-state index contributed by atoms with van der Waals surface area (Å²) in [6.07, 6.45) is 1.08. The Morgan fingerprint density at radius 2 is 1.82 bits per heavy atom. The van der Waals surface area contributed by atoms with Crippen molar-refractivity contribution in [3.8, 4) is 5.82 Å². The number of aromatic nitrogens is 4. The van der Waals surface area contributed by atoms with E-state index in [4.69, 9.17) is 0 Å². The topological polar surface area (TPSA) is 96.2 Å². The zero-order valence-electron chi connectivity index (χ0n) is 16.3. The molecule has 0 aliphatic carbocycles. The van der Waals surface area contributed by atoms with Gasteiger partial charge in [-0.15, -0.1) is 10.2 Å². The van der Waals surface area contributed by atoms with Gasteiger partial charge < -0.3 is 15.1 Å². The third-order valence-corrected chi connectivity index (χ3v) is 5.39. The Kier molecular flexibility index (Phi) is 4.97. The lowest BCUT2D eigenvalue weighted by molar-refractivity contribution is -0.137. The molecule has 0 bridgehead atoms. The summed E-state index contributed by atoms with van der Waals surface area (Å²) in [5, 5.41) is 15.9. The summed E-state index contributed by atoms with van der Waals surface area (Å²) in [6, 6.07) is 5.88. The molecule has 2 aliphatic heterocycles. The number of nitrogens with zero attached hydrogens (tertiary/aromatic N) is 6. The maximum atomic E-state index is 12.7. The van der Waals surface area contributed by atoms with Gasteiger partial charge >= 0.3 is 0 Å². The number of hydrogen-bond donors (Lipinski definition) is 1. The van der Waals surface area contributed by atoms with Crippen LogP contribution >= 0.6 is 0 Å². The second-order valence-corrected chi connectivity index (χ2v) is 7.44. The predicted molar refractivity (Wildman–Crippen MR) is 103 cm³/mol. The Hall–Kier alpha value is -2.97. The average Bonchev–Trinajstić information content (AvgIpc) is 3.06. The fraction of sp³-hybridized carbons (Fsp3) is 0.526. The van der Waals surface area contributed by atoms with Crippen LogP contribution in [0.4, 0.5) is 5.82 Å². The van der Waals surface area contributed by atoms with Crippen molar-refractivity contribution in [1.82, 2.24) is 30.2 Å². The Balaban J connectivity index is 1.35. The van der Waals surface area contributed by atoms with Crippen molar-refractivity contribution in [3.05, 3.63) is 29.6 Å². The number of hydrogen-bond acceptors (Lipinski definition) is 6. The molecule has 9 heteroatoms. The summed E-state index contributed by atoms with van der Waals surface area (Å²) >= 11 is 0. The van der Waals surface area contributed by atoms with Crippen molar-refractivity contribution in [3.63, 3.8) is 0 Å². The molecule has 2 aromatic heterocycles. The zero-order valence-corrected chi connectivity index (χ0v) is 16.3.